The highest BCUT2D eigenvalue weighted by molar-refractivity contribution is 6.30. The minimum Gasteiger partial charge on any atom is -0.467 e. The first-order valence-electron chi connectivity index (χ1n) is 50.5. The summed E-state index contributed by atoms with van der Waals surface area (Å²) in [4.78, 5) is 109. The Kier molecular flexibility index (Phi) is 27.8. The zero-order valence-corrected chi connectivity index (χ0v) is 84.1. The molecule has 32 atom stereocenters. The number of aliphatic hydroxyl groups is 9. The molecule has 4 spiro atoms. The van der Waals surface area contributed by atoms with Crippen LogP contribution in [0.1, 0.15) is 201 Å². The molecule has 2 aromatic carbocycles. The number of aliphatic hydroxyl groups excluding tert-OH is 5. The van der Waals surface area contributed by atoms with Crippen LogP contribution in [-0.4, -0.2) is 219 Å². The maximum absolute atomic E-state index is 14.2. The molecule has 28 nitrogen and oxygen atoms in total. The summed E-state index contributed by atoms with van der Waals surface area (Å²) >= 11 is 5.93. The van der Waals surface area contributed by atoms with Gasteiger partial charge in [-0.3, -0.25) is 38.4 Å². The van der Waals surface area contributed by atoms with E-state index in [0.717, 1.165) is 82.3 Å². The van der Waals surface area contributed by atoms with Gasteiger partial charge in [0, 0.05) is 78.4 Å². The molecule has 4 unspecified atom stereocenters. The zero-order chi connectivity index (χ0) is 102. The summed E-state index contributed by atoms with van der Waals surface area (Å²) in [5.41, 5.74) is -2.30. The number of rotatable bonds is 25. The van der Waals surface area contributed by atoms with Crippen molar-refractivity contribution in [2.45, 2.75) is 275 Å². The van der Waals surface area contributed by atoms with Crippen molar-refractivity contribution in [2.75, 3.05) is 54.9 Å². The molecule has 30 heteroatoms. The molecule has 1 aliphatic heterocycles. The van der Waals surface area contributed by atoms with Crippen molar-refractivity contribution in [3.63, 3.8) is 0 Å². The van der Waals surface area contributed by atoms with Gasteiger partial charge in [0.2, 0.25) is 30.4 Å². The van der Waals surface area contributed by atoms with Gasteiger partial charge >= 0.3 is 0 Å². The molecule has 12 fully saturated rings. The number of furan rings is 1. The number of benzene rings is 2. The molecular formula is C111H144ClFN4O24. The average molecular weight is 1970 g/mol. The molecule has 766 valence electrons. The van der Waals surface area contributed by atoms with Gasteiger partial charge in [0.15, 0.2) is 11.5 Å². The molecule has 2 heterocycles. The van der Waals surface area contributed by atoms with E-state index in [1.807, 2.05) is 42.5 Å². The summed E-state index contributed by atoms with van der Waals surface area (Å²) in [5, 5.41) is 112. The Hall–Kier alpha value is -8.50. The number of halogens is 2. The van der Waals surface area contributed by atoms with Gasteiger partial charge < -0.3 is 100 Å². The summed E-state index contributed by atoms with van der Waals surface area (Å²) < 4.78 is 52.3. The molecule has 16 aliphatic carbocycles. The fourth-order valence-electron chi connectivity index (χ4n) is 31.7. The number of carbonyl (C=O) groups is 8. The molecule has 3 aromatic rings. The van der Waals surface area contributed by atoms with Crippen LogP contribution in [0.25, 0.3) is 0 Å². The smallest absolute Gasteiger partial charge is 0.231 e. The lowest BCUT2D eigenvalue weighted by Crippen LogP contribution is -2.57. The number of allylic oxidation sites excluding steroid dienone is 4. The molecule has 20 rings (SSSR count). The summed E-state index contributed by atoms with van der Waals surface area (Å²) in [6, 6.07) is 13.6. The molecule has 12 saturated carbocycles. The third-order valence-electron chi connectivity index (χ3n) is 39.3. The van der Waals surface area contributed by atoms with E-state index in [1.165, 1.54) is 68.3 Å². The van der Waals surface area contributed by atoms with Gasteiger partial charge in [-0.1, -0.05) is 109 Å². The number of nitrogens with one attached hydrogen (secondary N) is 4. The number of ketones is 4. The molecule has 13 N–H and O–H groups in total. The Labute approximate surface area is 829 Å². The second-order valence-corrected chi connectivity index (χ2v) is 46.0. The topological polar surface area (TPSA) is 435 Å². The standard InChI is InChI=1S/C30H37NO7.C28H33ClFNO5.C27H41NO6.C26H33NO6/c1-16-13-29-14-30(16,35)9-7-20(29)19-12-23(36-4)26(33)28(3,17(2)32)24(19)25(29)27(34)31-10-8-18-5-6-21-22(11-18)38-15-37-21;1-14-11-27-13-28(14,35)8-7-18(27)17-10-21(36-4)24(33)26(3,15(2)32)22(17)23(27)25(34)31-12-16-5-6-20(30)19(29)9-16;1-16-14-26-15-27(16,33)10-9-19(26)18-13-20(34-4)23(31)25(3,17(2)30)21(18)22(26)24(32)28-11-7-5-6-8-12-29;1-14-11-25-13-26(14,31)8-7-18(25)17-10-19(32-4)22(29)24(3,15(2)28)20(17)21(25)23(30)27-12-16-6-5-9-33-16/h5-6,11-12,20,23-26,33,35H,1,7-10,13-15H2,2-4H3,(H,31,34);5-6,9-10,18,21-24,33,35H,1,7-8,11-13H2,2-4H3,(H,31,34);13,19-23,29,31,33H,1,5-12,14-15H2,2-4H3,(H,28,32);5-6,9-10,18-22,29,31H,1,7-8,11-13H2,2-4H3,(H,27,30)/t20-,23+,24?,25+,26-,28-,29-,30-;18-,21+,22?,23+,24-,26-,27-,28-;19-,20+,21?,22+,23-,25-,26-,27-;18-,19+,20?,21+,22-,24-,25-,26-/m0000/s1. The molecule has 17 aliphatic rings. The lowest BCUT2D eigenvalue weighted by Gasteiger charge is -2.47. The van der Waals surface area contributed by atoms with Gasteiger partial charge in [-0.05, 0) is 293 Å². The second kappa shape index (κ2) is 37.8. The van der Waals surface area contributed by atoms with Crippen molar-refractivity contribution < 1.29 is 122 Å². The van der Waals surface area contributed by atoms with E-state index < -0.39 is 168 Å². The van der Waals surface area contributed by atoms with Crippen LogP contribution in [0.2, 0.25) is 5.02 Å². The largest absolute Gasteiger partial charge is 0.467 e. The first-order valence-corrected chi connectivity index (χ1v) is 50.9. The molecule has 0 saturated heterocycles. The predicted octanol–water partition coefficient (Wildman–Crippen LogP) is 11.3. The Balaban J connectivity index is 0.000000130. The van der Waals surface area contributed by atoms with Gasteiger partial charge in [0.1, 0.15) is 59.1 Å². The van der Waals surface area contributed by atoms with Crippen molar-refractivity contribution in [2.24, 2.45) is 114 Å². The Bertz CT molecular complexity index is 5690. The van der Waals surface area contributed by atoms with Gasteiger partial charge in [-0.15, -0.1) is 0 Å². The number of hydrogen-bond donors (Lipinski definition) is 13. The van der Waals surface area contributed by atoms with E-state index in [1.54, 1.807) is 52.2 Å². The highest BCUT2D eigenvalue weighted by Crippen LogP contribution is 2.79. The van der Waals surface area contributed by atoms with Crippen LogP contribution in [0.5, 0.6) is 11.5 Å². The van der Waals surface area contributed by atoms with Gasteiger partial charge in [-0.2, -0.15) is 0 Å². The Morgan fingerprint density at radius 1 is 0.440 bits per heavy atom. The molecule has 141 heavy (non-hydrogen) atoms. The van der Waals surface area contributed by atoms with Crippen molar-refractivity contribution >= 4 is 58.4 Å². The summed E-state index contributed by atoms with van der Waals surface area (Å²) in [6.07, 6.45) is 15.4. The summed E-state index contributed by atoms with van der Waals surface area (Å²) in [7, 11) is 6.11. The number of carbonyl (C=O) groups excluding carboxylic acids is 8. The van der Waals surface area contributed by atoms with E-state index in [2.05, 4.69) is 47.6 Å². The van der Waals surface area contributed by atoms with E-state index >= 15 is 0 Å². The van der Waals surface area contributed by atoms with Gasteiger partial charge in [-0.25, -0.2) is 4.39 Å². The number of hydrogen-bond acceptors (Lipinski definition) is 24. The van der Waals surface area contributed by atoms with Crippen LogP contribution >= 0.6 is 11.6 Å². The number of methoxy groups -OCH3 is 4. The SMILES string of the molecule is C=C1C[C@]23C[C@@]1(O)CC[C@H]2C1=C[C@@H](OC)[C@H](O)[C@@](C)(C(C)=O)C1[C@@H]3C(=O)NCCCCCCO.C=C1C[C@]23C[C@@]1(O)CC[C@H]2C1=C[C@@H](OC)[C@H](O)[C@@](C)(C(C)=O)C1[C@@H]3C(=O)NCCc1ccc2c(c1)OCO2.C=C1C[C@]23C[C@@]1(O)CC[C@H]2C1=C[C@@H](OC)[C@H](O)[C@@](C)(C(C)=O)C1[C@@H]3C(=O)NCc1ccc(F)c(Cl)c1.C=C1C[C@]23C[C@@]1(O)CC[C@H]2C1=C[C@@H](OC)[C@H](O)[C@@](C)(C(C)=O)C1[C@@H]3C(=O)NCc1ccco1. The summed E-state index contributed by atoms with van der Waals surface area (Å²) in [5.74, 6) is -4.15. The molecule has 0 radical (unpaired) electrons. The number of unbranched alkanes of at least 4 members (excludes halogenated alkanes) is 3. The normalized spacial score (nSPS) is 41.8. The van der Waals surface area contributed by atoms with Crippen molar-refractivity contribution in [1.29, 1.82) is 0 Å². The quantitative estimate of drug-likeness (QED) is 0.0277. The third-order valence-corrected chi connectivity index (χ3v) is 39.6. The minimum absolute atomic E-state index is 0.0143. The number of amides is 4. The van der Waals surface area contributed by atoms with Crippen LogP contribution in [-0.2, 0) is 76.8 Å². The van der Waals surface area contributed by atoms with Crippen LogP contribution in [0, 0.1) is 120 Å². The fourth-order valence-corrected chi connectivity index (χ4v) is 31.9. The molecule has 4 amide bonds. The van der Waals surface area contributed by atoms with Gasteiger partial charge in [0.25, 0.3) is 0 Å². The van der Waals surface area contributed by atoms with Crippen LogP contribution in [0.3, 0.4) is 0 Å². The monoisotopic (exact) mass is 1970 g/mol. The average Bonchev–Trinajstić information content (AvgIpc) is 1.52. The lowest BCUT2D eigenvalue weighted by molar-refractivity contribution is -0.154. The number of ether oxygens (including phenoxy) is 6. The first kappa shape index (κ1) is 104. The maximum Gasteiger partial charge on any atom is 0.231 e. The second-order valence-electron chi connectivity index (χ2n) is 45.6. The van der Waals surface area contributed by atoms with Crippen LogP contribution in [0.15, 0.2) is 154 Å². The van der Waals surface area contributed by atoms with Crippen molar-refractivity contribution in [1.82, 2.24) is 21.3 Å². The van der Waals surface area contributed by atoms with E-state index in [0.29, 0.717) is 139 Å². The molecule has 8 bridgehead atoms. The predicted molar refractivity (Wildman–Crippen MR) is 518 cm³/mol. The van der Waals surface area contributed by atoms with Crippen molar-refractivity contribution in [3.05, 3.63) is 178 Å². The lowest BCUT2D eigenvalue weighted by atomic mass is 9.58. The highest BCUT2D eigenvalue weighted by atomic mass is 35.5. The zero-order valence-electron chi connectivity index (χ0n) is 83.4. The van der Waals surface area contributed by atoms with E-state index in [4.69, 9.17) is 49.5 Å². The number of Topliss-reactive ketones (excluding diaryl/α,β-unsaturated/α-hetero) is 4. The third kappa shape index (κ3) is 16.1. The number of fused-ring (bicyclic) bond motifs is 13. The van der Waals surface area contributed by atoms with Crippen molar-refractivity contribution in [3.8, 4) is 11.5 Å². The minimum atomic E-state index is -1.25. The molecular weight excluding hydrogens is 1830 g/mol. The molecule has 1 aromatic heterocycles. The fraction of sp³-hybridized carbons (Fsp3) is 0.640. The van der Waals surface area contributed by atoms with Crippen LogP contribution in [0.4, 0.5) is 4.39 Å². The van der Waals surface area contributed by atoms with Crippen LogP contribution < -0.4 is 30.7 Å². The Morgan fingerprint density at radius 3 is 1.11 bits per heavy atom. The Morgan fingerprint density at radius 2 is 0.773 bits per heavy atom. The summed E-state index contributed by atoms with van der Waals surface area (Å²) in [6.45, 7) is 31.4. The first-order chi connectivity index (χ1) is 66.6. The van der Waals surface area contributed by atoms with Gasteiger partial charge in [0.05, 0.1) is 110 Å². The highest BCUT2D eigenvalue weighted by Gasteiger charge is 2.79. The van der Waals surface area contributed by atoms with E-state index in [-0.39, 0.29) is 102 Å². The van der Waals surface area contributed by atoms with E-state index in [9.17, 15) is 83.6 Å². The maximum atomic E-state index is 14.2.